The Morgan fingerprint density at radius 3 is 2.15 bits per heavy atom. The van der Waals surface area contributed by atoms with Crippen molar-refractivity contribution in [3.05, 3.63) is 11.6 Å². The molecular formula is C49H89NO4. The van der Waals surface area contributed by atoms with Crippen LogP contribution in [0.15, 0.2) is 11.6 Å². The van der Waals surface area contributed by atoms with Gasteiger partial charge in [0.1, 0.15) is 5.78 Å². The fraction of sp³-hybridized carbons (Fsp3) is 0.918. The molecular weight excluding hydrogens is 667 g/mol. The molecule has 4 aliphatic carbocycles. The van der Waals surface area contributed by atoms with Crippen LogP contribution in [-0.4, -0.2) is 55.1 Å². The number of fused-ring (bicyclic) bond motifs is 5. The number of ether oxygens (including phenoxy) is 1. The highest BCUT2D eigenvalue weighted by molar-refractivity contribution is 5.78. The summed E-state index contributed by atoms with van der Waals surface area (Å²) in [6, 6.07) is 0. The zero-order chi connectivity index (χ0) is 39.6. The number of nitrogens with zero attached hydrogens (tertiary/aromatic N) is 1. The van der Waals surface area contributed by atoms with Crippen molar-refractivity contribution in [1.82, 2.24) is 4.90 Å². The summed E-state index contributed by atoms with van der Waals surface area (Å²) in [7, 11) is 1.44. The number of ketones is 1. The Bertz CT molecular complexity index is 1100. The molecule has 0 spiro atoms. The lowest BCUT2D eigenvalue weighted by Gasteiger charge is -2.58. The largest absolute Gasteiger partial charge is 0.469 e. The minimum atomic E-state index is -0.118. The van der Waals surface area contributed by atoms with Crippen molar-refractivity contribution in [2.75, 3.05) is 33.4 Å². The molecule has 4 aliphatic rings. The number of aliphatic hydroxyl groups excluding tert-OH is 1. The molecule has 0 radical (unpaired) electrons. The number of hydrogen-bond donors (Lipinski definition) is 1. The summed E-state index contributed by atoms with van der Waals surface area (Å²) in [6.45, 7) is 20.8. The first-order valence-corrected chi connectivity index (χ1v) is 23.5. The number of rotatable bonds is 24. The molecule has 5 heteroatoms. The molecule has 8 unspecified atom stereocenters. The van der Waals surface area contributed by atoms with E-state index in [-0.39, 0.29) is 12.6 Å². The predicted octanol–water partition coefficient (Wildman–Crippen LogP) is 12.8. The molecule has 314 valence electrons. The zero-order valence-corrected chi connectivity index (χ0v) is 37.0. The highest BCUT2D eigenvalue weighted by atomic mass is 16.5. The Labute approximate surface area is 335 Å². The van der Waals surface area contributed by atoms with Crippen molar-refractivity contribution in [3.8, 4) is 0 Å². The number of allylic oxidation sites excluding steroid dienone is 2. The van der Waals surface area contributed by atoms with Crippen LogP contribution in [0.3, 0.4) is 0 Å². The van der Waals surface area contributed by atoms with Gasteiger partial charge in [0.15, 0.2) is 0 Å². The first-order chi connectivity index (χ1) is 25.9. The van der Waals surface area contributed by atoms with Gasteiger partial charge < -0.3 is 14.7 Å². The monoisotopic (exact) mass is 756 g/mol. The molecule has 54 heavy (non-hydrogen) atoms. The second-order valence-corrected chi connectivity index (χ2v) is 19.7. The van der Waals surface area contributed by atoms with Gasteiger partial charge in [0, 0.05) is 25.9 Å². The molecule has 0 heterocycles. The van der Waals surface area contributed by atoms with Crippen LogP contribution in [0.2, 0.25) is 0 Å². The Kier molecular flexibility index (Phi) is 21.4. The number of Topliss-reactive ketones (excluding diaryl/α,β-unsaturated/α-hetero) is 1. The predicted molar refractivity (Wildman–Crippen MR) is 228 cm³/mol. The van der Waals surface area contributed by atoms with Crippen LogP contribution in [-0.2, 0) is 14.3 Å². The fourth-order valence-corrected chi connectivity index (χ4v) is 11.9. The number of methoxy groups -OCH3 is 1. The van der Waals surface area contributed by atoms with E-state index in [1.54, 1.807) is 0 Å². The van der Waals surface area contributed by atoms with Crippen molar-refractivity contribution in [1.29, 1.82) is 0 Å². The average molecular weight is 756 g/mol. The average Bonchev–Trinajstić information content (AvgIpc) is 3.50. The molecule has 3 fully saturated rings. The number of carbonyl (C=O) groups is 2. The van der Waals surface area contributed by atoms with E-state index in [0.717, 1.165) is 138 Å². The van der Waals surface area contributed by atoms with Gasteiger partial charge in [0.2, 0.25) is 0 Å². The summed E-state index contributed by atoms with van der Waals surface area (Å²) in [5.74, 6) is 7.01. The minimum Gasteiger partial charge on any atom is -0.469 e. The van der Waals surface area contributed by atoms with Crippen LogP contribution in [0.4, 0.5) is 0 Å². The highest BCUT2D eigenvalue weighted by Crippen LogP contribution is 2.67. The van der Waals surface area contributed by atoms with Crippen molar-refractivity contribution < 1.29 is 19.4 Å². The maximum absolute atomic E-state index is 11.5. The Hall–Kier alpha value is -1.20. The quantitative estimate of drug-likeness (QED) is 0.0604. The van der Waals surface area contributed by atoms with Crippen LogP contribution in [0.5, 0.6) is 0 Å². The number of hydrogen-bond acceptors (Lipinski definition) is 5. The van der Waals surface area contributed by atoms with Crippen molar-refractivity contribution in [2.45, 2.75) is 203 Å². The topological polar surface area (TPSA) is 66.8 Å². The van der Waals surface area contributed by atoms with E-state index >= 15 is 0 Å². The highest BCUT2D eigenvalue weighted by Gasteiger charge is 2.58. The van der Waals surface area contributed by atoms with Crippen LogP contribution >= 0.6 is 0 Å². The van der Waals surface area contributed by atoms with E-state index in [1.165, 1.54) is 77.7 Å². The molecule has 4 rings (SSSR count). The van der Waals surface area contributed by atoms with E-state index < -0.39 is 0 Å². The van der Waals surface area contributed by atoms with Crippen LogP contribution in [0.1, 0.15) is 203 Å². The van der Waals surface area contributed by atoms with Gasteiger partial charge in [-0.1, -0.05) is 98.6 Å². The van der Waals surface area contributed by atoms with Crippen molar-refractivity contribution in [3.63, 3.8) is 0 Å². The Morgan fingerprint density at radius 1 is 0.815 bits per heavy atom. The lowest BCUT2D eigenvalue weighted by molar-refractivity contribution is -0.140. The van der Waals surface area contributed by atoms with Gasteiger partial charge in [-0.2, -0.15) is 0 Å². The Balaban J connectivity index is 0.000000292. The number of aliphatic hydroxyl groups is 1. The molecule has 0 aliphatic heterocycles. The molecule has 0 bridgehead atoms. The van der Waals surface area contributed by atoms with Crippen LogP contribution < -0.4 is 0 Å². The lowest BCUT2D eigenvalue weighted by Crippen LogP contribution is -2.50. The molecule has 0 saturated heterocycles. The summed E-state index contributed by atoms with van der Waals surface area (Å²) in [5.41, 5.74) is 3.06. The van der Waals surface area contributed by atoms with Gasteiger partial charge in [-0.15, -0.1) is 0 Å². The van der Waals surface area contributed by atoms with Gasteiger partial charge in [0.25, 0.3) is 0 Å². The molecule has 5 nitrogen and oxygen atoms in total. The van der Waals surface area contributed by atoms with E-state index in [1.807, 2.05) is 5.57 Å². The minimum absolute atomic E-state index is 0.118. The second-order valence-electron chi connectivity index (χ2n) is 19.7. The van der Waals surface area contributed by atoms with E-state index in [2.05, 4.69) is 64.2 Å². The van der Waals surface area contributed by atoms with Gasteiger partial charge in [0.05, 0.1) is 7.11 Å². The third-order valence-electron chi connectivity index (χ3n) is 15.2. The maximum Gasteiger partial charge on any atom is 0.305 e. The smallest absolute Gasteiger partial charge is 0.305 e. The zero-order valence-electron chi connectivity index (χ0n) is 37.0. The van der Waals surface area contributed by atoms with Crippen molar-refractivity contribution >= 4 is 11.8 Å². The number of carbonyl (C=O) groups excluding carboxylic acids is 2. The number of unbranched alkanes of at least 4 members (excludes halogenated alkanes) is 6. The first kappa shape index (κ1) is 47.2. The molecule has 0 aromatic rings. The summed E-state index contributed by atoms with van der Waals surface area (Å²) in [5, 5.41) is 8.97. The molecule has 0 amide bonds. The third kappa shape index (κ3) is 14.3. The van der Waals surface area contributed by atoms with Gasteiger partial charge in [-0.3, -0.25) is 9.59 Å². The van der Waals surface area contributed by atoms with Crippen LogP contribution in [0.25, 0.3) is 0 Å². The normalized spacial score (nSPS) is 29.5. The summed E-state index contributed by atoms with van der Waals surface area (Å²) in [6.07, 6.45) is 31.3. The fourth-order valence-electron chi connectivity index (χ4n) is 11.9. The van der Waals surface area contributed by atoms with Crippen LogP contribution in [0, 0.1) is 52.3 Å². The molecule has 8 atom stereocenters. The lowest BCUT2D eigenvalue weighted by atomic mass is 9.46. The first-order valence-electron chi connectivity index (χ1n) is 23.5. The van der Waals surface area contributed by atoms with E-state index in [9.17, 15) is 9.59 Å². The molecule has 3 saturated carbocycles. The third-order valence-corrected chi connectivity index (χ3v) is 15.2. The van der Waals surface area contributed by atoms with Crippen molar-refractivity contribution in [2.24, 2.45) is 52.3 Å². The standard InChI is InChI=1S/C28H48.C21H41NO4/c1-19(2)8-7-9-21(4)24-12-13-25-23-11-10-22-18-20(3)14-16-27(22,5)26(23)15-17-28(24,25)6;1-3-13-20(24)14-7-6-10-17-22(18-11-12-19-23)16-9-5-4-8-15-21(25)26-2/h10,19-21,23-26H,7-9,11-18H2,1-6H3;23H,3-19H2,1-2H3. The summed E-state index contributed by atoms with van der Waals surface area (Å²) >= 11 is 0. The van der Waals surface area contributed by atoms with Gasteiger partial charge >= 0.3 is 5.97 Å². The maximum atomic E-state index is 11.5. The number of esters is 1. The second kappa shape index (κ2) is 24.5. The molecule has 0 aromatic carbocycles. The van der Waals surface area contributed by atoms with Gasteiger partial charge in [-0.25, -0.2) is 0 Å². The molecule has 0 aromatic heterocycles. The van der Waals surface area contributed by atoms with Gasteiger partial charge in [-0.05, 0) is 168 Å². The summed E-state index contributed by atoms with van der Waals surface area (Å²) < 4.78 is 4.65. The van der Waals surface area contributed by atoms with E-state index in [0.29, 0.717) is 23.0 Å². The summed E-state index contributed by atoms with van der Waals surface area (Å²) in [4.78, 5) is 25.1. The Morgan fingerprint density at radius 2 is 1.48 bits per heavy atom. The SMILES string of the molecule is CC(C)CCCC(C)C1CCC2C3CC=C4CC(C)CCC4(C)C3CCC12C.CCCC(=O)CCCCCN(CCCCO)CCCCCCC(=O)OC. The van der Waals surface area contributed by atoms with E-state index in [4.69, 9.17) is 5.11 Å². The molecule has 1 N–H and O–H groups in total.